The number of nitro groups is 1. The Kier molecular flexibility index (Phi) is 5.80. The predicted octanol–water partition coefficient (Wildman–Crippen LogP) is 4.41. The molecule has 2 aromatic rings. The third kappa shape index (κ3) is 4.48. The molecule has 2 heterocycles. The molecule has 26 heavy (non-hydrogen) atoms. The summed E-state index contributed by atoms with van der Waals surface area (Å²) >= 11 is 5.81. The fourth-order valence-corrected chi connectivity index (χ4v) is 2.09. The zero-order chi connectivity index (χ0) is 19.5. The number of hydrogen-bond donors (Lipinski definition) is 2. The van der Waals surface area contributed by atoms with E-state index in [1.807, 2.05) is 13.8 Å². The van der Waals surface area contributed by atoms with E-state index in [0.717, 1.165) is 6.33 Å². The van der Waals surface area contributed by atoms with Gasteiger partial charge in [0.25, 0.3) is 0 Å². The molecule has 0 fully saturated rings. The maximum Gasteiger partial charge on any atom is 0.417 e. The maximum absolute atomic E-state index is 12.7. The van der Waals surface area contributed by atoms with Crippen LogP contribution in [0, 0.1) is 10.1 Å². The van der Waals surface area contributed by atoms with Gasteiger partial charge in [0.1, 0.15) is 6.33 Å². The van der Waals surface area contributed by atoms with E-state index in [-0.39, 0.29) is 28.5 Å². The second-order valence-electron chi connectivity index (χ2n) is 5.31. The van der Waals surface area contributed by atoms with Crippen molar-refractivity contribution in [3.05, 3.63) is 39.3 Å². The molecule has 0 saturated heterocycles. The Hall–Kier alpha value is -2.69. The van der Waals surface area contributed by atoms with Gasteiger partial charge in [0.2, 0.25) is 11.6 Å². The summed E-state index contributed by atoms with van der Waals surface area (Å²) in [7, 11) is 0. The number of rotatable bonds is 6. The first-order valence-electron chi connectivity index (χ1n) is 7.39. The summed E-state index contributed by atoms with van der Waals surface area (Å²) in [5.41, 5.74) is -1.50. The van der Waals surface area contributed by atoms with Crippen LogP contribution >= 0.6 is 11.6 Å². The average Bonchev–Trinajstić information content (AvgIpc) is 2.55. The van der Waals surface area contributed by atoms with Crippen molar-refractivity contribution in [2.24, 2.45) is 0 Å². The van der Waals surface area contributed by atoms with Crippen LogP contribution in [-0.2, 0) is 6.18 Å². The minimum absolute atomic E-state index is 0.0233. The van der Waals surface area contributed by atoms with Crippen LogP contribution in [0.15, 0.2) is 18.6 Å². The fourth-order valence-electron chi connectivity index (χ4n) is 1.88. The molecule has 2 aromatic heterocycles. The summed E-state index contributed by atoms with van der Waals surface area (Å²) in [6, 6.07) is 0.576. The van der Waals surface area contributed by atoms with Crippen molar-refractivity contribution in [2.75, 3.05) is 10.6 Å². The largest absolute Gasteiger partial charge is 0.417 e. The van der Waals surface area contributed by atoms with Crippen LogP contribution in [0.3, 0.4) is 0 Å². The van der Waals surface area contributed by atoms with Crippen LogP contribution in [0.1, 0.15) is 25.8 Å². The number of hydrogen-bond acceptors (Lipinski definition) is 7. The third-order valence-corrected chi connectivity index (χ3v) is 3.69. The molecular formula is C14H14ClF3N6O2. The van der Waals surface area contributed by atoms with E-state index in [2.05, 4.69) is 25.6 Å². The molecule has 0 aliphatic rings. The number of aromatic nitrogens is 3. The summed E-state index contributed by atoms with van der Waals surface area (Å²) in [6.07, 6.45) is -2.27. The Bertz CT molecular complexity index is 818. The van der Waals surface area contributed by atoms with Crippen molar-refractivity contribution < 1.29 is 18.1 Å². The van der Waals surface area contributed by atoms with E-state index in [1.165, 1.54) is 0 Å². The normalized spacial score (nSPS) is 12.5. The molecule has 0 amide bonds. The Labute approximate surface area is 151 Å². The van der Waals surface area contributed by atoms with E-state index >= 15 is 0 Å². The minimum Gasteiger partial charge on any atom is -0.362 e. The van der Waals surface area contributed by atoms with Crippen LogP contribution in [0.2, 0.25) is 5.02 Å². The summed E-state index contributed by atoms with van der Waals surface area (Å²) in [6.45, 7) is 3.70. The van der Waals surface area contributed by atoms with Gasteiger partial charge < -0.3 is 10.6 Å². The molecule has 1 atom stereocenters. The molecule has 0 spiro atoms. The lowest BCUT2D eigenvalue weighted by Crippen LogP contribution is -2.16. The van der Waals surface area contributed by atoms with E-state index < -0.39 is 22.4 Å². The van der Waals surface area contributed by atoms with Crippen molar-refractivity contribution in [2.45, 2.75) is 32.5 Å². The highest BCUT2D eigenvalue weighted by Gasteiger charge is 2.32. The molecule has 0 aliphatic carbocycles. The molecule has 0 saturated carbocycles. The summed E-state index contributed by atoms with van der Waals surface area (Å²) in [5, 5.41) is 16.4. The quantitative estimate of drug-likeness (QED) is 0.556. The van der Waals surface area contributed by atoms with E-state index in [9.17, 15) is 23.3 Å². The van der Waals surface area contributed by atoms with Crippen LogP contribution in [0.5, 0.6) is 0 Å². The van der Waals surface area contributed by atoms with Crippen LogP contribution < -0.4 is 10.6 Å². The first kappa shape index (κ1) is 19.6. The maximum atomic E-state index is 12.7. The molecule has 0 aromatic carbocycles. The van der Waals surface area contributed by atoms with Crippen molar-refractivity contribution >= 4 is 34.7 Å². The molecule has 0 bridgehead atoms. The van der Waals surface area contributed by atoms with Gasteiger partial charge in [0.15, 0.2) is 5.82 Å². The number of alkyl halides is 3. The van der Waals surface area contributed by atoms with Gasteiger partial charge in [-0.15, -0.1) is 0 Å². The molecule has 140 valence electrons. The molecule has 2 N–H and O–H groups in total. The van der Waals surface area contributed by atoms with Gasteiger partial charge in [0, 0.05) is 12.2 Å². The Morgan fingerprint density at radius 3 is 2.46 bits per heavy atom. The van der Waals surface area contributed by atoms with Crippen molar-refractivity contribution in [3.63, 3.8) is 0 Å². The molecule has 0 aliphatic heterocycles. The van der Waals surface area contributed by atoms with E-state index in [1.54, 1.807) is 0 Å². The zero-order valence-corrected chi connectivity index (χ0v) is 14.4. The number of nitrogens with one attached hydrogen (secondary N) is 2. The first-order chi connectivity index (χ1) is 12.1. The topological polar surface area (TPSA) is 106 Å². The third-order valence-electron chi connectivity index (χ3n) is 3.41. The van der Waals surface area contributed by atoms with Gasteiger partial charge in [-0.3, -0.25) is 10.1 Å². The predicted molar refractivity (Wildman–Crippen MR) is 89.6 cm³/mol. The number of halogens is 4. The molecule has 1 unspecified atom stereocenters. The highest BCUT2D eigenvalue weighted by atomic mass is 35.5. The van der Waals surface area contributed by atoms with Crippen molar-refractivity contribution in [1.29, 1.82) is 0 Å². The van der Waals surface area contributed by atoms with Crippen LogP contribution in [-0.4, -0.2) is 25.9 Å². The monoisotopic (exact) mass is 390 g/mol. The van der Waals surface area contributed by atoms with Crippen LogP contribution in [0.25, 0.3) is 0 Å². The molecule has 0 radical (unpaired) electrons. The van der Waals surface area contributed by atoms with Crippen molar-refractivity contribution in [3.8, 4) is 0 Å². The zero-order valence-electron chi connectivity index (χ0n) is 13.6. The van der Waals surface area contributed by atoms with E-state index in [4.69, 9.17) is 11.6 Å². The summed E-state index contributed by atoms with van der Waals surface area (Å²) in [5.74, 6) is -0.467. The molecular weight excluding hydrogens is 377 g/mol. The minimum atomic E-state index is -4.61. The Morgan fingerprint density at radius 1 is 1.27 bits per heavy atom. The van der Waals surface area contributed by atoms with E-state index in [0.29, 0.717) is 18.7 Å². The lowest BCUT2D eigenvalue weighted by molar-refractivity contribution is -0.383. The van der Waals surface area contributed by atoms with Crippen molar-refractivity contribution in [1.82, 2.24) is 15.0 Å². The molecule has 12 heteroatoms. The second-order valence-corrected chi connectivity index (χ2v) is 5.71. The SMILES string of the molecule is CCC(C)Nc1ncnc(Nc2ncc(C(F)(F)F)cc2Cl)c1[N+](=O)[O-]. The lowest BCUT2D eigenvalue weighted by Gasteiger charge is -2.14. The van der Waals surface area contributed by atoms with Gasteiger partial charge in [-0.1, -0.05) is 18.5 Å². The van der Waals surface area contributed by atoms with Crippen LogP contribution in [0.4, 0.5) is 36.3 Å². The highest BCUT2D eigenvalue weighted by molar-refractivity contribution is 6.33. The summed E-state index contributed by atoms with van der Waals surface area (Å²) < 4.78 is 38.0. The number of nitrogens with zero attached hydrogens (tertiary/aromatic N) is 4. The van der Waals surface area contributed by atoms with Gasteiger partial charge in [0.05, 0.1) is 15.5 Å². The van der Waals surface area contributed by atoms with Gasteiger partial charge in [-0.2, -0.15) is 13.2 Å². The first-order valence-corrected chi connectivity index (χ1v) is 7.77. The standard InChI is InChI=1S/C14H14ClF3N6O2/c1-3-7(2)22-12-10(24(25)26)13(21-6-20-12)23-11-9(15)4-8(5-19-11)14(16,17)18/h4-7H,3H2,1-2H3,(H2,19,20,21,22,23). The lowest BCUT2D eigenvalue weighted by atomic mass is 10.2. The number of anilines is 3. The second kappa shape index (κ2) is 7.68. The van der Waals surface area contributed by atoms with Gasteiger partial charge in [-0.05, 0) is 19.4 Å². The molecule has 8 nitrogen and oxygen atoms in total. The summed E-state index contributed by atoms with van der Waals surface area (Å²) in [4.78, 5) is 21.9. The number of pyridine rings is 1. The Morgan fingerprint density at radius 2 is 1.92 bits per heavy atom. The fraction of sp³-hybridized carbons (Fsp3) is 0.357. The highest BCUT2D eigenvalue weighted by Crippen LogP contribution is 2.35. The smallest absolute Gasteiger partial charge is 0.362 e. The average molecular weight is 391 g/mol. The van der Waals surface area contributed by atoms with Gasteiger partial charge >= 0.3 is 11.9 Å². The Balaban J connectivity index is 2.40. The molecule has 2 rings (SSSR count). The van der Waals surface area contributed by atoms with Gasteiger partial charge in [-0.25, -0.2) is 15.0 Å².